The molecule has 12 bridgehead atoms. The molecule has 17 heteroatoms. The molecule has 7 rings (SSSR count). The normalized spacial score (nSPS) is 13.3. The van der Waals surface area contributed by atoms with E-state index >= 15 is 0 Å². The van der Waals surface area contributed by atoms with Gasteiger partial charge >= 0.3 is 12.1 Å². The number of halogens is 3. The van der Waals surface area contributed by atoms with E-state index in [1.165, 1.54) is 12.5 Å². The fraction of sp³-hybridized carbons (Fsp3) is 0.156. The predicted molar refractivity (Wildman–Crippen MR) is 160 cm³/mol. The van der Waals surface area contributed by atoms with E-state index in [9.17, 15) is 27.6 Å². The van der Waals surface area contributed by atoms with Crippen LogP contribution in [0.5, 0.6) is 0 Å². The first kappa shape index (κ1) is 31.1. The van der Waals surface area contributed by atoms with E-state index in [0.717, 1.165) is 12.5 Å². The van der Waals surface area contributed by atoms with Crippen molar-refractivity contribution in [3.8, 4) is 46.1 Å². The largest absolute Gasteiger partial charge is 0.471 e. The summed E-state index contributed by atoms with van der Waals surface area (Å²) in [6.45, 7) is -0.329. The lowest BCUT2D eigenvalue weighted by molar-refractivity contribution is -0.173. The maximum absolute atomic E-state index is 13.0. The lowest BCUT2D eigenvalue weighted by atomic mass is 10.0. The third kappa shape index (κ3) is 6.80. The molecular weight excluding hydrogens is 651 g/mol. The van der Waals surface area contributed by atoms with Crippen molar-refractivity contribution < 1.29 is 45.2 Å². The Hall–Kier alpha value is -6.52. The number of amides is 3. The minimum atomic E-state index is -5.02. The number of hydrogen-bond donors (Lipinski definition) is 3. The second-order valence-corrected chi connectivity index (χ2v) is 10.8. The van der Waals surface area contributed by atoms with Crippen LogP contribution in [0, 0.1) is 0 Å². The van der Waals surface area contributed by atoms with E-state index < -0.39 is 23.9 Å². The van der Waals surface area contributed by atoms with Crippen molar-refractivity contribution in [3.05, 3.63) is 95.6 Å². The summed E-state index contributed by atoms with van der Waals surface area (Å²) < 4.78 is 60.3. The molecular formula is C32H22F3N7O7. The van der Waals surface area contributed by atoms with Gasteiger partial charge in [-0.25, -0.2) is 19.9 Å². The highest BCUT2D eigenvalue weighted by atomic mass is 19.4. The zero-order valence-corrected chi connectivity index (χ0v) is 25.0. The van der Waals surface area contributed by atoms with Crippen LogP contribution in [-0.2, 0) is 24.3 Å². The van der Waals surface area contributed by atoms with Crippen molar-refractivity contribution in [2.24, 2.45) is 0 Å². The van der Waals surface area contributed by atoms with Gasteiger partial charge in [-0.2, -0.15) is 13.2 Å². The second-order valence-electron chi connectivity index (χ2n) is 10.8. The zero-order chi connectivity index (χ0) is 34.1. The number of nitrogens with one attached hydrogen (secondary N) is 3. The van der Waals surface area contributed by atoms with Crippen LogP contribution in [0.25, 0.3) is 46.1 Å². The molecule has 1 aliphatic heterocycles. The number of nitrogens with zero attached hydrogens (tertiary/aromatic N) is 4. The number of carbonyl (C=O) groups is 3. The SMILES string of the molecule is O=C1NCc2cc(CCNC(=O)C(F)(F)F)cc(c2)CNC(=O)c2coc(n2)-c2coc(n2)-c2cccc(c2)-c2nc(co2)-c2nc1co2. The molecule has 248 valence electrons. The number of fused-ring (bicyclic) bond motifs is 16. The monoisotopic (exact) mass is 673 g/mol. The maximum Gasteiger partial charge on any atom is 0.471 e. The summed E-state index contributed by atoms with van der Waals surface area (Å²) in [6, 6.07) is 12.0. The molecule has 0 saturated heterocycles. The van der Waals surface area contributed by atoms with Gasteiger partial charge in [-0.3, -0.25) is 14.4 Å². The van der Waals surface area contributed by atoms with Crippen LogP contribution in [0.1, 0.15) is 37.7 Å². The molecule has 0 aliphatic carbocycles. The summed E-state index contributed by atoms with van der Waals surface area (Å²) in [5.41, 5.74) is 3.23. The van der Waals surface area contributed by atoms with Crippen molar-refractivity contribution in [2.45, 2.75) is 25.7 Å². The molecule has 1 aliphatic rings. The van der Waals surface area contributed by atoms with E-state index in [1.54, 1.807) is 42.5 Å². The van der Waals surface area contributed by atoms with Crippen LogP contribution in [0.3, 0.4) is 0 Å². The standard InChI is InChI=1S/C32H22F3N7O7/c33-32(34,35)31(45)36-5-4-16-6-17-8-18(7-16)11-38-26(44)22-13-49-30(40-22)24-15-47-28(42-24)20-3-1-2-19(9-20)27-41-23(14-46-27)29-39-21(12-48-29)25(43)37-10-17/h1-3,6-9,12-15H,4-5,10-11H2,(H,36,45)(H,37,43)(H,38,44). The Morgan fingerprint density at radius 2 is 1.16 bits per heavy atom. The Balaban J connectivity index is 1.20. The first-order chi connectivity index (χ1) is 23.6. The summed E-state index contributed by atoms with van der Waals surface area (Å²) >= 11 is 0. The lowest BCUT2D eigenvalue weighted by Crippen LogP contribution is -2.37. The van der Waals surface area contributed by atoms with Gasteiger partial charge in [-0.15, -0.1) is 0 Å². The molecule has 3 N–H and O–H groups in total. The summed E-state index contributed by atoms with van der Waals surface area (Å²) in [5, 5.41) is 7.28. The van der Waals surface area contributed by atoms with Crippen LogP contribution in [-0.4, -0.2) is 50.4 Å². The smallest absolute Gasteiger partial charge is 0.444 e. The minimum Gasteiger partial charge on any atom is -0.444 e. The third-order valence-electron chi connectivity index (χ3n) is 7.25. The molecule has 2 aromatic carbocycles. The van der Waals surface area contributed by atoms with Crippen LogP contribution < -0.4 is 16.0 Å². The van der Waals surface area contributed by atoms with Gasteiger partial charge in [0.25, 0.3) is 11.8 Å². The number of hydrogen-bond acceptors (Lipinski definition) is 11. The molecule has 14 nitrogen and oxygen atoms in total. The summed E-state index contributed by atoms with van der Waals surface area (Å²) in [6.07, 6.45) is 0.0113. The van der Waals surface area contributed by atoms with Gasteiger partial charge in [0.05, 0.1) is 0 Å². The average molecular weight is 674 g/mol. The van der Waals surface area contributed by atoms with E-state index in [2.05, 4.69) is 30.6 Å². The van der Waals surface area contributed by atoms with Crippen molar-refractivity contribution in [2.75, 3.05) is 6.54 Å². The summed E-state index contributed by atoms with van der Waals surface area (Å²) in [5.74, 6) is -2.67. The van der Waals surface area contributed by atoms with E-state index in [4.69, 9.17) is 17.7 Å². The van der Waals surface area contributed by atoms with Gasteiger partial charge < -0.3 is 33.6 Å². The predicted octanol–water partition coefficient (Wildman–Crippen LogP) is 4.70. The second kappa shape index (κ2) is 12.6. The van der Waals surface area contributed by atoms with E-state index in [1.807, 2.05) is 5.32 Å². The van der Waals surface area contributed by atoms with Gasteiger partial charge in [-0.1, -0.05) is 24.3 Å². The van der Waals surface area contributed by atoms with Crippen molar-refractivity contribution >= 4 is 17.7 Å². The Morgan fingerprint density at radius 1 is 0.694 bits per heavy atom. The summed E-state index contributed by atoms with van der Waals surface area (Å²) in [4.78, 5) is 54.6. The molecule has 0 unspecified atom stereocenters. The highest BCUT2D eigenvalue weighted by Crippen LogP contribution is 2.30. The Labute approximate surface area is 272 Å². The Morgan fingerprint density at radius 3 is 1.67 bits per heavy atom. The zero-order valence-electron chi connectivity index (χ0n) is 25.0. The van der Waals surface area contributed by atoms with Gasteiger partial charge in [0.2, 0.25) is 23.6 Å². The van der Waals surface area contributed by atoms with E-state index in [0.29, 0.717) is 27.8 Å². The number of aromatic nitrogens is 4. The molecule has 49 heavy (non-hydrogen) atoms. The van der Waals surface area contributed by atoms with Crippen LogP contribution in [0.2, 0.25) is 0 Å². The fourth-order valence-electron chi connectivity index (χ4n) is 4.94. The number of rotatable bonds is 3. The van der Waals surface area contributed by atoms with Gasteiger partial charge in [0, 0.05) is 30.8 Å². The van der Waals surface area contributed by atoms with Gasteiger partial charge in [0.15, 0.2) is 22.8 Å². The first-order valence-corrected chi connectivity index (χ1v) is 14.6. The highest BCUT2D eigenvalue weighted by molar-refractivity contribution is 5.93. The lowest BCUT2D eigenvalue weighted by Gasteiger charge is -2.12. The Bertz CT molecular complexity index is 2070. The van der Waals surface area contributed by atoms with Crippen LogP contribution in [0.4, 0.5) is 13.2 Å². The molecule has 0 fully saturated rings. The molecule has 5 heterocycles. The number of alkyl halides is 3. The number of oxazole rings is 4. The summed E-state index contributed by atoms with van der Waals surface area (Å²) in [7, 11) is 0. The quantitative estimate of drug-likeness (QED) is 0.236. The fourth-order valence-corrected chi connectivity index (χ4v) is 4.94. The minimum absolute atomic E-state index is 0.0124. The molecule has 4 aromatic heterocycles. The van der Waals surface area contributed by atoms with Crippen LogP contribution in [0.15, 0.2) is 85.2 Å². The molecule has 0 radical (unpaired) electrons. The van der Waals surface area contributed by atoms with Crippen molar-refractivity contribution in [1.29, 1.82) is 0 Å². The maximum atomic E-state index is 13.0. The van der Waals surface area contributed by atoms with Crippen molar-refractivity contribution in [3.63, 3.8) is 0 Å². The highest BCUT2D eigenvalue weighted by Gasteiger charge is 2.38. The molecule has 6 aromatic rings. The number of carbonyl (C=O) groups excluding carboxylic acids is 3. The van der Waals surface area contributed by atoms with Gasteiger partial charge in [0.1, 0.15) is 25.1 Å². The molecule has 0 saturated carbocycles. The first-order valence-electron chi connectivity index (χ1n) is 14.6. The average Bonchev–Trinajstić information content (AvgIpc) is 3.91. The van der Waals surface area contributed by atoms with Gasteiger partial charge in [-0.05, 0) is 41.3 Å². The molecule has 0 atom stereocenters. The molecule has 0 spiro atoms. The van der Waals surface area contributed by atoms with Crippen LogP contribution >= 0.6 is 0 Å². The molecule has 3 amide bonds. The van der Waals surface area contributed by atoms with Crippen molar-refractivity contribution in [1.82, 2.24) is 35.9 Å². The van der Waals surface area contributed by atoms with E-state index in [-0.39, 0.29) is 72.4 Å². The Kier molecular flexibility index (Phi) is 7.99. The number of benzene rings is 2. The topological polar surface area (TPSA) is 191 Å². The third-order valence-corrected chi connectivity index (χ3v) is 7.25.